The van der Waals surface area contributed by atoms with Gasteiger partial charge >= 0.3 is 5.97 Å². The van der Waals surface area contributed by atoms with Crippen LogP contribution in [0.5, 0.6) is 5.75 Å². The van der Waals surface area contributed by atoms with Gasteiger partial charge in [0.05, 0.1) is 12.3 Å². The fraction of sp³-hybridized carbons (Fsp3) is 0.375. The number of carboxylic acids is 1. The van der Waals surface area contributed by atoms with E-state index in [0.29, 0.717) is 6.61 Å². The van der Waals surface area contributed by atoms with Crippen LogP contribution in [0.4, 0.5) is 0 Å². The first kappa shape index (κ1) is 20.0. The molecule has 2 aromatic rings. The number of benzene rings is 2. The quantitative estimate of drug-likeness (QED) is 0.691. The van der Waals surface area contributed by atoms with Gasteiger partial charge in [-0.25, -0.2) is 0 Å². The maximum atomic E-state index is 11.0. The molecule has 1 aliphatic rings. The average molecular weight is 377 g/mol. The van der Waals surface area contributed by atoms with Gasteiger partial charge in [-0.15, -0.1) is 5.92 Å². The van der Waals surface area contributed by atoms with Crippen molar-refractivity contribution in [1.29, 1.82) is 0 Å². The lowest BCUT2D eigenvalue weighted by molar-refractivity contribution is -0.137. The second kappa shape index (κ2) is 9.96. The summed E-state index contributed by atoms with van der Waals surface area (Å²) in [6.07, 6.45) is 2.61. The molecule has 1 atom stereocenters. The van der Waals surface area contributed by atoms with Crippen molar-refractivity contribution in [3.8, 4) is 17.6 Å². The Kier molecular flexibility index (Phi) is 7.11. The third-order valence-corrected chi connectivity index (χ3v) is 4.98. The summed E-state index contributed by atoms with van der Waals surface area (Å²) >= 11 is 0. The monoisotopic (exact) mass is 377 g/mol. The van der Waals surface area contributed by atoms with Crippen molar-refractivity contribution in [1.82, 2.24) is 4.90 Å². The third kappa shape index (κ3) is 5.87. The Hall–Kier alpha value is -2.77. The van der Waals surface area contributed by atoms with Crippen molar-refractivity contribution < 1.29 is 14.6 Å². The molecule has 3 rings (SSSR count). The Morgan fingerprint density at radius 2 is 1.86 bits per heavy atom. The summed E-state index contributed by atoms with van der Waals surface area (Å²) in [5.41, 5.74) is 3.38. The second-order valence-corrected chi connectivity index (χ2v) is 7.21. The highest BCUT2D eigenvalue weighted by atomic mass is 16.5. The van der Waals surface area contributed by atoms with Gasteiger partial charge in [-0.1, -0.05) is 42.3 Å². The van der Waals surface area contributed by atoms with Crippen LogP contribution in [0.15, 0.2) is 48.5 Å². The van der Waals surface area contributed by atoms with Crippen molar-refractivity contribution in [3.63, 3.8) is 0 Å². The molecule has 0 aliphatic carbocycles. The maximum absolute atomic E-state index is 11.0. The molecule has 0 aromatic heterocycles. The fourth-order valence-electron chi connectivity index (χ4n) is 3.58. The van der Waals surface area contributed by atoms with Crippen molar-refractivity contribution >= 4 is 5.97 Å². The van der Waals surface area contributed by atoms with Crippen LogP contribution in [0, 0.1) is 11.8 Å². The van der Waals surface area contributed by atoms with Gasteiger partial charge in [-0.05, 0) is 61.7 Å². The van der Waals surface area contributed by atoms with E-state index in [1.54, 1.807) is 6.92 Å². The number of nitrogens with zero attached hydrogens (tertiary/aromatic N) is 1. The van der Waals surface area contributed by atoms with Crippen LogP contribution < -0.4 is 4.74 Å². The fourth-order valence-corrected chi connectivity index (χ4v) is 3.58. The average Bonchev–Trinajstić information content (AvgIpc) is 3.19. The first-order chi connectivity index (χ1) is 13.6. The Balaban J connectivity index is 1.58. The molecule has 4 nitrogen and oxygen atoms in total. The summed E-state index contributed by atoms with van der Waals surface area (Å²) < 4.78 is 5.93. The number of hydrogen-bond donors (Lipinski definition) is 1. The van der Waals surface area contributed by atoms with Gasteiger partial charge in [0.15, 0.2) is 0 Å². The SMILES string of the molecule is CC#CC(CC(=O)O)c1ccc(OCc2cccc(CN3CCCC3)c2)cc1. The van der Waals surface area contributed by atoms with Crippen LogP contribution in [0.2, 0.25) is 0 Å². The maximum Gasteiger partial charge on any atom is 0.304 e. The number of hydrogen-bond acceptors (Lipinski definition) is 3. The molecule has 0 saturated carbocycles. The van der Waals surface area contributed by atoms with E-state index in [4.69, 9.17) is 9.84 Å². The highest BCUT2D eigenvalue weighted by molar-refractivity contribution is 5.69. The molecule has 0 amide bonds. The van der Waals surface area contributed by atoms with E-state index < -0.39 is 5.97 Å². The summed E-state index contributed by atoms with van der Waals surface area (Å²) in [5.74, 6) is 5.42. The van der Waals surface area contributed by atoms with Gasteiger partial charge in [0, 0.05) is 6.54 Å². The summed E-state index contributed by atoms with van der Waals surface area (Å²) in [6.45, 7) is 5.63. The predicted molar refractivity (Wildman–Crippen MR) is 110 cm³/mol. The highest BCUT2D eigenvalue weighted by Gasteiger charge is 2.13. The minimum Gasteiger partial charge on any atom is -0.489 e. The summed E-state index contributed by atoms with van der Waals surface area (Å²) in [7, 11) is 0. The zero-order chi connectivity index (χ0) is 19.8. The molecule has 1 heterocycles. The largest absolute Gasteiger partial charge is 0.489 e. The number of ether oxygens (including phenoxy) is 1. The lowest BCUT2D eigenvalue weighted by Gasteiger charge is -2.15. The zero-order valence-electron chi connectivity index (χ0n) is 16.4. The number of aliphatic carboxylic acids is 1. The number of carboxylic acid groups (broad SMARTS) is 1. The Labute approximate surface area is 167 Å². The minimum atomic E-state index is -0.845. The highest BCUT2D eigenvalue weighted by Crippen LogP contribution is 2.23. The van der Waals surface area contributed by atoms with Gasteiger partial charge in [-0.3, -0.25) is 9.69 Å². The number of likely N-dealkylation sites (tertiary alicyclic amines) is 1. The van der Waals surface area contributed by atoms with E-state index in [2.05, 4.69) is 41.0 Å². The van der Waals surface area contributed by atoms with Crippen LogP contribution in [0.3, 0.4) is 0 Å². The van der Waals surface area contributed by atoms with Gasteiger partial charge in [0.1, 0.15) is 12.4 Å². The van der Waals surface area contributed by atoms with Gasteiger partial charge in [0.2, 0.25) is 0 Å². The van der Waals surface area contributed by atoms with E-state index in [1.165, 1.54) is 31.5 Å². The molecular weight excluding hydrogens is 350 g/mol. The number of carbonyl (C=O) groups is 1. The van der Waals surface area contributed by atoms with Crippen LogP contribution in [-0.4, -0.2) is 29.1 Å². The molecule has 0 radical (unpaired) electrons. The molecule has 146 valence electrons. The molecule has 1 saturated heterocycles. The smallest absolute Gasteiger partial charge is 0.304 e. The molecule has 1 aliphatic heterocycles. The van der Waals surface area contributed by atoms with Crippen LogP contribution in [-0.2, 0) is 17.9 Å². The zero-order valence-corrected chi connectivity index (χ0v) is 16.4. The Morgan fingerprint density at radius 3 is 2.54 bits per heavy atom. The van der Waals surface area contributed by atoms with E-state index in [9.17, 15) is 4.79 Å². The van der Waals surface area contributed by atoms with Crippen molar-refractivity contribution in [3.05, 3.63) is 65.2 Å². The molecule has 28 heavy (non-hydrogen) atoms. The van der Waals surface area contributed by atoms with E-state index >= 15 is 0 Å². The molecule has 1 N–H and O–H groups in total. The normalized spacial score (nSPS) is 14.9. The standard InChI is InChI=1S/C24H27NO3/c1-2-6-22(16-24(26)27)21-9-11-23(12-10-21)28-18-20-8-5-7-19(15-20)17-25-13-3-4-14-25/h5,7-12,15,22H,3-4,13-14,16-18H2,1H3,(H,26,27). The van der Waals surface area contributed by atoms with Crippen LogP contribution >= 0.6 is 0 Å². The topological polar surface area (TPSA) is 49.8 Å². The molecule has 0 spiro atoms. The van der Waals surface area contributed by atoms with Crippen LogP contribution in [0.1, 0.15) is 48.8 Å². The van der Waals surface area contributed by atoms with Crippen LogP contribution in [0.25, 0.3) is 0 Å². The van der Waals surface area contributed by atoms with Crippen molar-refractivity contribution in [2.45, 2.75) is 45.3 Å². The van der Waals surface area contributed by atoms with Crippen molar-refractivity contribution in [2.24, 2.45) is 0 Å². The molecule has 1 fully saturated rings. The molecule has 0 bridgehead atoms. The first-order valence-electron chi connectivity index (χ1n) is 9.81. The first-order valence-corrected chi connectivity index (χ1v) is 9.81. The van der Waals surface area contributed by atoms with Gasteiger partial charge in [0.25, 0.3) is 0 Å². The summed E-state index contributed by atoms with van der Waals surface area (Å²) in [5, 5.41) is 9.05. The molecule has 4 heteroatoms. The summed E-state index contributed by atoms with van der Waals surface area (Å²) in [4.78, 5) is 13.5. The summed E-state index contributed by atoms with van der Waals surface area (Å²) in [6, 6.07) is 16.1. The third-order valence-electron chi connectivity index (χ3n) is 4.98. The second-order valence-electron chi connectivity index (χ2n) is 7.21. The Bertz CT molecular complexity index is 842. The lowest BCUT2D eigenvalue weighted by Crippen LogP contribution is -2.18. The van der Waals surface area contributed by atoms with Crippen molar-refractivity contribution in [2.75, 3.05) is 13.1 Å². The van der Waals surface area contributed by atoms with Gasteiger partial charge < -0.3 is 9.84 Å². The minimum absolute atomic E-state index is 0.00482. The molecule has 2 aromatic carbocycles. The van der Waals surface area contributed by atoms with E-state index in [-0.39, 0.29) is 12.3 Å². The number of rotatable bonds is 8. The van der Waals surface area contributed by atoms with E-state index in [1.807, 2.05) is 24.3 Å². The van der Waals surface area contributed by atoms with E-state index in [0.717, 1.165) is 23.4 Å². The lowest BCUT2D eigenvalue weighted by atomic mass is 9.96. The van der Waals surface area contributed by atoms with Gasteiger partial charge in [-0.2, -0.15) is 0 Å². The molecule has 1 unspecified atom stereocenters. The predicted octanol–water partition coefficient (Wildman–Crippen LogP) is 4.44. The molecular formula is C24H27NO3. The Morgan fingerprint density at radius 1 is 1.14 bits per heavy atom.